The van der Waals surface area contributed by atoms with E-state index in [2.05, 4.69) is 18.3 Å². The Bertz CT molecular complexity index is 786. The Hall–Kier alpha value is -2.23. The molecule has 0 aliphatic rings. The molecule has 2 aromatic rings. The van der Waals surface area contributed by atoms with Crippen LogP contribution in [0.5, 0.6) is 5.75 Å². The fraction of sp³-hybridized carbons (Fsp3) is 0.500. The molecule has 26 heavy (non-hydrogen) atoms. The summed E-state index contributed by atoms with van der Waals surface area (Å²) in [6, 6.07) is 2.06. The highest BCUT2D eigenvalue weighted by Crippen LogP contribution is 2.37. The number of ether oxygens (including phenoxy) is 1. The molecule has 1 aromatic heterocycles. The topological polar surface area (TPSA) is 51.5 Å². The van der Waals surface area contributed by atoms with Crippen LogP contribution in [0.2, 0.25) is 0 Å². The zero-order valence-corrected chi connectivity index (χ0v) is 16.7. The third-order valence-corrected chi connectivity index (χ3v) is 4.63. The lowest BCUT2D eigenvalue weighted by atomic mass is 9.98. The van der Waals surface area contributed by atoms with E-state index < -0.39 is 0 Å². The first-order valence-corrected chi connectivity index (χ1v) is 9.60. The second-order valence-corrected chi connectivity index (χ2v) is 6.79. The third-order valence-electron chi connectivity index (χ3n) is 4.63. The SMILES string of the molecule is CCCCCCNC(=O)/C=C(\C)c1cc2c(C)coc2c(C)c1OCC. The van der Waals surface area contributed by atoms with E-state index in [0.29, 0.717) is 6.61 Å². The lowest BCUT2D eigenvalue weighted by molar-refractivity contribution is -0.116. The van der Waals surface area contributed by atoms with E-state index in [1.807, 2.05) is 27.7 Å². The van der Waals surface area contributed by atoms with Gasteiger partial charge in [-0.25, -0.2) is 0 Å². The quantitative estimate of drug-likeness (QED) is 0.473. The summed E-state index contributed by atoms with van der Waals surface area (Å²) < 4.78 is 11.6. The highest BCUT2D eigenvalue weighted by atomic mass is 16.5. The fourth-order valence-electron chi connectivity index (χ4n) is 3.15. The van der Waals surface area contributed by atoms with Crippen LogP contribution in [0.1, 0.15) is 63.1 Å². The maximum absolute atomic E-state index is 12.2. The van der Waals surface area contributed by atoms with Crippen LogP contribution in [0.25, 0.3) is 16.5 Å². The molecule has 0 spiro atoms. The molecule has 0 aliphatic heterocycles. The van der Waals surface area contributed by atoms with Crippen LogP contribution in [0.4, 0.5) is 0 Å². The van der Waals surface area contributed by atoms with Crippen molar-refractivity contribution in [1.29, 1.82) is 0 Å². The van der Waals surface area contributed by atoms with Gasteiger partial charge in [-0.15, -0.1) is 0 Å². The Morgan fingerprint density at radius 2 is 2.00 bits per heavy atom. The van der Waals surface area contributed by atoms with Gasteiger partial charge < -0.3 is 14.5 Å². The van der Waals surface area contributed by atoms with Crippen molar-refractivity contribution in [3.05, 3.63) is 35.1 Å². The minimum Gasteiger partial charge on any atom is -0.493 e. The minimum atomic E-state index is -0.0527. The van der Waals surface area contributed by atoms with Gasteiger partial charge >= 0.3 is 0 Å². The summed E-state index contributed by atoms with van der Waals surface area (Å²) in [5, 5.41) is 4.04. The molecule has 0 saturated heterocycles. The zero-order valence-electron chi connectivity index (χ0n) is 16.7. The van der Waals surface area contributed by atoms with Crippen molar-refractivity contribution in [1.82, 2.24) is 5.32 Å². The molecule has 2 rings (SSSR count). The minimum absolute atomic E-state index is 0.0527. The number of carbonyl (C=O) groups excluding carboxylic acids is 1. The van der Waals surface area contributed by atoms with Gasteiger partial charge in [-0.1, -0.05) is 26.2 Å². The smallest absolute Gasteiger partial charge is 0.244 e. The standard InChI is InChI=1S/C22H31NO3/c1-6-8-9-10-11-23-20(24)12-15(3)18-13-19-16(4)14-26-22(19)17(5)21(18)25-7-2/h12-14H,6-11H2,1-5H3,(H,23,24)/b15-12+. The monoisotopic (exact) mass is 357 g/mol. The Morgan fingerprint density at radius 1 is 1.23 bits per heavy atom. The molecule has 0 atom stereocenters. The van der Waals surface area contributed by atoms with Gasteiger partial charge in [0.1, 0.15) is 11.3 Å². The van der Waals surface area contributed by atoms with Gasteiger partial charge in [0, 0.05) is 29.1 Å². The fourth-order valence-corrected chi connectivity index (χ4v) is 3.15. The van der Waals surface area contributed by atoms with Crippen LogP contribution >= 0.6 is 0 Å². The van der Waals surface area contributed by atoms with Gasteiger partial charge in [-0.05, 0) is 51.3 Å². The number of nitrogens with one attached hydrogen (secondary N) is 1. The van der Waals surface area contributed by atoms with Crippen molar-refractivity contribution in [3.63, 3.8) is 0 Å². The molecule has 4 nitrogen and oxygen atoms in total. The molecule has 0 unspecified atom stereocenters. The summed E-state index contributed by atoms with van der Waals surface area (Å²) in [6.07, 6.45) is 8.02. The summed E-state index contributed by atoms with van der Waals surface area (Å²) >= 11 is 0. The summed E-state index contributed by atoms with van der Waals surface area (Å²) in [4.78, 5) is 12.2. The Labute approximate surface area is 156 Å². The number of benzene rings is 1. The predicted molar refractivity (Wildman–Crippen MR) is 108 cm³/mol. The van der Waals surface area contributed by atoms with Crippen LogP contribution in [-0.4, -0.2) is 19.1 Å². The highest BCUT2D eigenvalue weighted by molar-refractivity contribution is 5.98. The molecule has 0 bridgehead atoms. The molecule has 1 amide bonds. The zero-order chi connectivity index (χ0) is 19.1. The van der Waals surface area contributed by atoms with Gasteiger partial charge in [-0.2, -0.15) is 0 Å². The van der Waals surface area contributed by atoms with Gasteiger partial charge in [0.25, 0.3) is 0 Å². The molecular formula is C22H31NO3. The second kappa shape index (κ2) is 9.46. The van der Waals surface area contributed by atoms with Crippen LogP contribution in [0.3, 0.4) is 0 Å². The van der Waals surface area contributed by atoms with Gasteiger partial charge in [-0.3, -0.25) is 4.79 Å². The van der Waals surface area contributed by atoms with Crippen molar-refractivity contribution >= 4 is 22.4 Å². The molecule has 0 radical (unpaired) electrons. The Kier molecular flexibility index (Phi) is 7.31. The van der Waals surface area contributed by atoms with E-state index in [1.54, 1.807) is 12.3 Å². The first-order chi connectivity index (χ1) is 12.5. The number of amides is 1. The Morgan fingerprint density at radius 3 is 2.69 bits per heavy atom. The number of hydrogen-bond acceptors (Lipinski definition) is 3. The maximum atomic E-state index is 12.2. The van der Waals surface area contributed by atoms with Crippen molar-refractivity contribution < 1.29 is 13.9 Å². The van der Waals surface area contributed by atoms with E-state index >= 15 is 0 Å². The van der Waals surface area contributed by atoms with Gasteiger partial charge in [0.05, 0.1) is 12.9 Å². The molecule has 1 heterocycles. The molecule has 0 fully saturated rings. The summed E-state index contributed by atoms with van der Waals surface area (Å²) in [7, 11) is 0. The first kappa shape index (κ1) is 20.1. The number of furan rings is 1. The summed E-state index contributed by atoms with van der Waals surface area (Å²) in [5.74, 6) is 0.738. The predicted octanol–water partition coefficient (Wildman–Crippen LogP) is 5.55. The number of hydrogen-bond donors (Lipinski definition) is 1. The average molecular weight is 357 g/mol. The summed E-state index contributed by atoms with van der Waals surface area (Å²) in [5.41, 5.74) is 4.75. The molecule has 4 heteroatoms. The first-order valence-electron chi connectivity index (χ1n) is 9.60. The van der Waals surface area contributed by atoms with E-state index in [4.69, 9.17) is 9.15 Å². The number of fused-ring (bicyclic) bond motifs is 1. The van der Waals surface area contributed by atoms with Crippen molar-refractivity contribution in [2.75, 3.05) is 13.2 Å². The van der Waals surface area contributed by atoms with Crippen LogP contribution in [0.15, 0.2) is 22.8 Å². The third kappa shape index (κ3) is 4.69. The number of carbonyl (C=O) groups is 1. The van der Waals surface area contributed by atoms with Gasteiger partial charge in [0.15, 0.2) is 0 Å². The van der Waals surface area contributed by atoms with Crippen LogP contribution in [0, 0.1) is 13.8 Å². The second-order valence-electron chi connectivity index (χ2n) is 6.79. The summed E-state index contributed by atoms with van der Waals surface area (Å²) in [6.45, 7) is 11.4. The molecule has 0 saturated carbocycles. The van der Waals surface area contributed by atoms with Crippen LogP contribution < -0.4 is 10.1 Å². The van der Waals surface area contributed by atoms with E-state index in [0.717, 1.165) is 58.4 Å². The largest absolute Gasteiger partial charge is 0.493 e. The molecule has 142 valence electrons. The molecule has 1 N–H and O–H groups in total. The molecule has 1 aromatic carbocycles. The van der Waals surface area contributed by atoms with Crippen molar-refractivity contribution in [3.8, 4) is 5.75 Å². The van der Waals surface area contributed by atoms with Crippen molar-refractivity contribution in [2.45, 2.75) is 60.3 Å². The average Bonchev–Trinajstić information content (AvgIpc) is 2.98. The molecular weight excluding hydrogens is 326 g/mol. The van der Waals surface area contributed by atoms with E-state index in [9.17, 15) is 4.79 Å². The van der Waals surface area contributed by atoms with E-state index in [-0.39, 0.29) is 5.91 Å². The number of unbranched alkanes of at least 4 members (excludes halogenated alkanes) is 3. The van der Waals surface area contributed by atoms with Gasteiger partial charge in [0.2, 0.25) is 5.91 Å². The lowest BCUT2D eigenvalue weighted by Gasteiger charge is -2.14. The number of aryl methyl sites for hydroxylation is 2. The normalized spacial score (nSPS) is 11.8. The lowest BCUT2D eigenvalue weighted by Crippen LogP contribution is -2.22. The number of rotatable bonds is 9. The molecule has 0 aliphatic carbocycles. The number of allylic oxidation sites excluding steroid dienone is 1. The maximum Gasteiger partial charge on any atom is 0.244 e. The highest BCUT2D eigenvalue weighted by Gasteiger charge is 2.17. The Balaban J connectivity index is 2.24. The van der Waals surface area contributed by atoms with E-state index in [1.165, 1.54) is 12.8 Å². The van der Waals surface area contributed by atoms with Crippen LogP contribution in [-0.2, 0) is 4.79 Å². The van der Waals surface area contributed by atoms with Crippen molar-refractivity contribution in [2.24, 2.45) is 0 Å².